The summed E-state index contributed by atoms with van der Waals surface area (Å²) in [6.45, 7) is 1.63. The van der Waals surface area contributed by atoms with E-state index < -0.39 is 6.61 Å². The second-order valence-corrected chi connectivity index (χ2v) is 5.09. The average Bonchev–Trinajstić information content (AvgIpc) is 2.94. The van der Waals surface area contributed by atoms with Gasteiger partial charge >= 0.3 is 6.61 Å². The molecule has 0 radical (unpaired) electrons. The van der Waals surface area contributed by atoms with Crippen molar-refractivity contribution >= 4 is 0 Å². The molecule has 7 heteroatoms. The first-order chi connectivity index (χ1) is 10.5. The second kappa shape index (κ2) is 7.22. The van der Waals surface area contributed by atoms with Gasteiger partial charge in [0.2, 0.25) is 5.89 Å². The highest BCUT2D eigenvalue weighted by molar-refractivity contribution is 5.60. The van der Waals surface area contributed by atoms with Crippen LogP contribution >= 0.6 is 0 Å². The van der Waals surface area contributed by atoms with Crippen molar-refractivity contribution in [3.05, 3.63) is 30.2 Å². The molecule has 1 heterocycles. The first-order valence-corrected chi connectivity index (χ1v) is 6.86. The van der Waals surface area contributed by atoms with E-state index in [1.54, 1.807) is 12.1 Å². The smallest absolute Gasteiger partial charge is 0.387 e. The van der Waals surface area contributed by atoms with Crippen molar-refractivity contribution in [2.75, 3.05) is 6.61 Å². The predicted molar refractivity (Wildman–Crippen MR) is 76.8 cm³/mol. The minimum Gasteiger partial charge on any atom is -0.489 e. The molecule has 0 amide bonds. The quantitative estimate of drug-likeness (QED) is 0.848. The van der Waals surface area contributed by atoms with Crippen LogP contribution in [-0.4, -0.2) is 18.2 Å². The molecule has 0 atom stereocenters. The number of aromatic nitrogens is 1. The van der Waals surface area contributed by atoms with Gasteiger partial charge in [-0.25, -0.2) is 4.98 Å². The maximum absolute atomic E-state index is 12.4. The van der Waals surface area contributed by atoms with E-state index in [1.165, 1.54) is 12.3 Å². The van der Waals surface area contributed by atoms with Crippen molar-refractivity contribution in [1.82, 2.24) is 4.98 Å². The monoisotopic (exact) mass is 312 g/mol. The van der Waals surface area contributed by atoms with Crippen LogP contribution in [0.15, 0.2) is 28.9 Å². The summed E-state index contributed by atoms with van der Waals surface area (Å²) in [7, 11) is 0. The summed E-state index contributed by atoms with van der Waals surface area (Å²) in [4.78, 5) is 4.19. The summed E-state index contributed by atoms with van der Waals surface area (Å²) >= 11 is 0. The molecule has 0 unspecified atom stereocenters. The van der Waals surface area contributed by atoms with E-state index in [4.69, 9.17) is 14.9 Å². The van der Waals surface area contributed by atoms with E-state index in [0.717, 1.165) is 0 Å². The van der Waals surface area contributed by atoms with E-state index in [9.17, 15) is 8.78 Å². The molecule has 0 saturated carbocycles. The van der Waals surface area contributed by atoms with E-state index in [1.807, 2.05) is 13.8 Å². The molecular weight excluding hydrogens is 294 g/mol. The second-order valence-electron chi connectivity index (χ2n) is 5.09. The molecule has 22 heavy (non-hydrogen) atoms. The summed E-state index contributed by atoms with van der Waals surface area (Å²) in [5.74, 6) is 0.788. The number of oxazole rings is 1. The number of nitrogens with zero attached hydrogens (tertiary/aromatic N) is 1. The van der Waals surface area contributed by atoms with E-state index in [2.05, 4.69) is 9.72 Å². The summed E-state index contributed by atoms with van der Waals surface area (Å²) in [6, 6.07) is 4.54. The van der Waals surface area contributed by atoms with Crippen LogP contribution in [0.3, 0.4) is 0 Å². The fourth-order valence-corrected chi connectivity index (χ4v) is 1.74. The van der Waals surface area contributed by atoms with Crippen LogP contribution in [0.1, 0.15) is 19.5 Å². The van der Waals surface area contributed by atoms with Gasteiger partial charge in [-0.05, 0) is 24.1 Å². The molecule has 0 bridgehead atoms. The fraction of sp³-hybridized carbons (Fsp3) is 0.400. The molecular formula is C15H18F2N2O3. The van der Waals surface area contributed by atoms with Gasteiger partial charge in [-0.2, -0.15) is 8.78 Å². The zero-order chi connectivity index (χ0) is 16.1. The molecule has 0 saturated heterocycles. The number of alkyl halides is 2. The Kier molecular flexibility index (Phi) is 5.32. The van der Waals surface area contributed by atoms with Crippen LogP contribution < -0.4 is 15.2 Å². The third-order valence-electron chi connectivity index (χ3n) is 2.74. The summed E-state index contributed by atoms with van der Waals surface area (Å²) in [5.41, 5.74) is 6.68. The lowest BCUT2D eigenvalue weighted by atomic mass is 10.2. The van der Waals surface area contributed by atoms with Gasteiger partial charge in [-0.3, -0.25) is 0 Å². The zero-order valence-electron chi connectivity index (χ0n) is 12.4. The van der Waals surface area contributed by atoms with Crippen molar-refractivity contribution in [2.45, 2.75) is 27.0 Å². The lowest BCUT2D eigenvalue weighted by Crippen LogP contribution is -2.08. The Balaban J connectivity index is 2.30. The minimum atomic E-state index is -2.92. The first-order valence-electron chi connectivity index (χ1n) is 6.86. The number of ether oxygens (including phenoxy) is 2. The lowest BCUT2D eigenvalue weighted by molar-refractivity contribution is -0.0515. The molecule has 120 valence electrons. The fourth-order valence-electron chi connectivity index (χ4n) is 1.74. The van der Waals surface area contributed by atoms with Crippen molar-refractivity contribution in [2.24, 2.45) is 11.7 Å². The molecule has 1 aromatic carbocycles. The molecule has 1 aromatic heterocycles. The minimum absolute atomic E-state index is 0.0231. The van der Waals surface area contributed by atoms with Crippen LogP contribution in [0, 0.1) is 5.92 Å². The number of halogens is 2. The van der Waals surface area contributed by atoms with Crippen molar-refractivity contribution < 1.29 is 22.7 Å². The topological polar surface area (TPSA) is 70.5 Å². The summed E-state index contributed by atoms with van der Waals surface area (Å²) < 4.78 is 40.2. The van der Waals surface area contributed by atoms with Crippen LogP contribution in [0.2, 0.25) is 0 Å². The first kappa shape index (κ1) is 16.2. The average molecular weight is 312 g/mol. The largest absolute Gasteiger partial charge is 0.489 e. The van der Waals surface area contributed by atoms with Crippen molar-refractivity contribution in [3.8, 4) is 23.0 Å². The van der Waals surface area contributed by atoms with Gasteiger partial charge in [-0.15, -0.1) is 0 Å². The third kappa shape index (κ3) is 4.17. The molecule has 5 nitrogen and oxygen atoms in total. The van der Waals surface area contributed by atoms with Gasteiger partial charge in [0.05, 0.1) is 12.3 Å². The highest BCUT2D eigenvalue weighted by Crippen LogP contribution is 2.33. The highest BCUT2D eigenvalue weighted by Gasteiger charge is 2.15. The normalized spacial score (nSPS) is 11.2. The van der Waals surface area contributed by atoms with E-state index in [0.29, 0.717) is 23.8 Å². The lowest BCUT2D eigenvalue weighted by Gasteiger charge is -2.14. The Hall–Kier alpha value is -2.15. The molecule has 2 N–H and O–H groups in total. The molecule has 0 aliphatic rings. The highest BCUT2D eigenvalue weighted by atomic mass is 19.3. The molecule has 0 aliphatic heterocycles. The van der Waals surface area contributed by atoms with Crippen molar-refractivity contribution in [1.29, 1.82) is 0 Å². The predicted octanol–water partition coefficient (Wildman–Crippen LogP) is 3.44. The van der Waals surface area contributed by atoms with Crippen LogP contribution in [0.4, 0.5) is 8.78 Å². The number of rotatable bonds is 7. The Morgan fingerprint density at radius 1 is 1.27 bits per heavy atom. The Morgan fingerprint density at radius 3 is 2.64 bits per heavy atom. The number of nitrogens with two attached hydrogens (primary N) is 1. The van der Waals surface area contributed by atoms with Gasteiger partial charge in [0.25, 0.3) is 0 Å². The Bertz CT molecular complexity index is 615. The molecule has 2 rings (SSSR count). The number of hydrogen-bond acceptors (Lipinski definition) is 5. The zero-order valence-corrected chi connectivity index (χ0v) is 12.4. The number of benzene rings is 1. The molecule has 0 fully saturated rings. The standard InChI is InChI=1S/C15H18F2N2O3/c1-9(2)7-20-13-5-10(3-4-12(13)22-15(16)17)14-19-11(6-18)8-21-14/h3-5,8-9,15H,6-7,18H2,1-2H3. The van der Waals surface area contributed by atoms with Gasteiger partial charge in [0.1, 0.15) is 6.26 Å². The maximum Gasteiger partial charge on any atom is 0.387 e. The SMILES string of the molecule is CC(C)COc1cc(-c2nc(CN)co2)ccc1OC(F)F. The Labute approximate surface area is 127 Å². The van der Waals surface area contributed by atoms with E-state index in [-0.39, 0.29) is 24.0 Å². The van der Waals surface area contributed by atoms with Gasteiger partial charge in [0.15, 0.2) is 11.5 Å². The van der Waals surface area contributed by atoms with Crippen molar-refractivity contribution in [3.63, 3.8) is 0 Å². The van der Waals surface area contributed by atoms with Gasteiger partial charge in [0, 0.05) is 12.1 Å². The van der Waals surface area contributed by atoms with Gasteiger partial charge in [-0.1, -0.05) is 13.8 Å². The molecule has 0 spiro atoms. The molecule has 2 aromatic rings. The summed E-state index contributed by atoms with van der Waals surface area (Å²) in [5, 5.41) is 0. The molecule has 0 aliphatic carbocycles. The van der Waals surface area contributed by atoms with E-state index >= 15 is 0 Å². The van der Waals surface area contributed by atoms with Crippen LogP contribution in [0.5, 0.6) is 11.5 Å². The summed E-state index contributed by atoms with van der Waals surface area (Å²) in [6.07, 6.45) is 1.45. The van der Waals surface area contributed by atoms with Crippen LogP contribution in [0.25, 0.3) is 11.5 Å². The van der Waals surface area contributed by atoms with Gasteiger partial charge < -0.3 is 19.6 Å². The Morgan fingerprint density at radius 2 is 2.05 bits per heavy atom. The maximum atomic E-state index is 12.4. The number of hydrogen-bond donors (Lipinski definition) is 1. The third-order valence-corrected chi connectivity index (χ3v) is 2.74. The van der Waals surface area contributed by atoms with Crippen LogP contribution in [-0.2, 0) is 6.54 Å².